The molecule has 2 heterocycles. The first kappa shape index (κ1) is 10.1. The van der Waals surface area contributed by atoms with Gasteiger partial charge in [0.05, 0.1) is 6.04 Å². The summed E-state index contributed by atoms with van der Waals surface area (Å²) in [6.07, 6.45) is 3.22. The number of nitrogens with zero attached hydrogens (tertiary/aromatic N) is 3. The second-order valence-corrected chi connectivity index (χ2v) is 3.85. The van der Waals surface area contributed by atoms with Gasteiger partial charge in [0.15, 0.2) is 5.69 Å². The molecule has 1 unspecified atom stereocenters. The Morgan fingerprint density at radius 3 is 3.00 bits per heavy atom. The third-order valence-corrected chi connectivity index (χ3v) is 2.86. The SMILES string of the molecule is CN1CCCCC1c1n[nH]nc1C(=O)O. The molecule has 2 rings (SSSR count). The fourth-order valence-corrected chi connectivity index (χ4v) is 2.05. The first-order valence-corrected chi connectivity index (χ1v) is 5.04. The summed E-state index contributed by atoms with van der Waals surface area (Å²) >= 11 is 0. The highest BCUT2D eigenvalue weighted by atomic mass is 16.4. The van der Waals surface area contributed by atoms with Crippen molar-refractivity contribution in [1.82, 2.24) is 20.3 Å². The zero-order valence-electron chi connectivity index (χ0n) is 8.60. The lowest BCUT2D eigenvalue weighted by Crippen LogP contribution is -2.30. The van der Waals surface area contributed by atoms with Crippen molar-refractivity contribution >= 4 is 5.97 Å². The van der Waals surface area contributed by atoms with Gasteiger partial charge in [-0.15, -0.1) is 5.10 Å². The summed E-state index contributed by atoms with van der Waals surface area (Å²) in [5, 5.41) is 18.9. The van der Waals surface area contributed by atoms with Crippen LogP contribution in [0.5, 0.6) is 0 Å². The second kappa shape index (κ2) is 3.98. The molecule has 0 radical (unpaired) electrons. The Balaban J connectivity index is 2.27. The first-order chi connectivity index (χ1) is 7.20. The molecule has 2 N–H and O–H groups in total. The standard InChI is InChI=1S/C9H14N4O2/c1-13-5-3-2-4-6(13)7-8(9(14)15)11-12-10-7/h6H,2-5H2,1H3,(H,14,15)(H,10,11,12). The zero-order chi connectivity index (χ0) is 10.8. The number of aromatic carboxylic acids is 1. The molecule has 0 aromatic carbocycles. The molecule has 1 atom stereocenters. The van der Waals surface area contributed by atoms with Gasteiger partial charge in [-0.05, 0) is 26.4 Å². The van der Waals surface area contributed by atoms with E-state index in [4.69, 9.17) is 5.11 Å². The topological polar surface area (TPSA) is 82.1 Å². The van der Waals surface area contributed by atoms with Crippen LogP contribution in [0.3, 0.4) is 0 Å². The van der Waals surface area contributed by atoms with Crippen molar-refractivity contribution < 1.29 is 9.90 Å². The molecular weight excluding hydrogens is 196 g/mol. The summed E-state index contributed by atoms with van der Waals surface area (Å²) < 4.78 is 0. The van der Waals surface area contributed by atoms with Crippen molar-refractivity contribution in [3.63, 3.8) is 0 Å². The minimum Gasteiger partial charge on any atom is -0.476 e. The van der Waals surface area contributed by atoms with Gasteiger partial charge >= 0.3 is 5.97 Å². The molecule has 0 spiro atoms. The monoisotopic (exact) mass is 210 g/mol. The Labute approximate surface area is 87.3 Å². The van der Waals surface area contributed by atoms with E-state index in [1.54, 1.807) is 0 Å². The summed E-state index contributed by atoms with van der Waals surface area (Å²) in [4.78, 5) is 13.0. The fraction of sp³-hybridized carbons (Fsp3) is 0.667. The molecule has 15 heavy (non-hydrogen) atoms. The molecule has 6 nitrogen and oxygen atoms in total. The van der Waals surface area contributed by atoms with Crippen molar-refractivity contribution in [2.24, 2.45) is 0 Å². The summed E-state index contributed by atoms with van der Waals surface area (Å²) in [5.41, 5.74) is 0.610. The normalized spacial score (nSPS) is 22.9. The highest BCUT2D eigenvalue weighted by Gasteiger charge is 2.28. The molecule has 1 aliphatic heterocycles. The Hall–Kier alpha value is -1.43. The molecule has 0 bridgehead atoms. The Kier molecular flexibility index (Phi) is 2.68. The minimum absolute atomic E-state index is 0.0498. The number of H-pyrrole nitrogens is 1. The molecule has 6 heteroatoms. The Bertz CT molecular complexity index is 363. The van der Waals surface area contributed by atoms with Gasteiger partial charge in [0.1, 0.15) is 5.69 Å². The number of rotatable bonds is 2. The van der Waals surface area contributed by atoms with Crippen LogP contribution < -0.4 is 0 Å². The maximum absolute atomic E-state index is 10.9. The minimum atomic E-state index is -1.02. The maximum Gasteiger partial charge on any atom is 0.358 e. The zero-order valence-corrected chi connectivity index (χ0v) is 8.60. The predicted octanol–water partition coefficient (Wildman–Crippen LogP) is 0.660. The van der Waals surface area contributed by atoms with Crippen LogP contribution in [-0.4, -0.2) is 45.0 Å². The number of carbonyl (C=O) groups is 1. The average molecular weight is 210 g/mol. The summed E-state index contributed by atoms with van der Waals surface area (Å²) in [5.74, 6) is -1.02. The van der Waals surface area contributed by atoms with Gasteiger partial charge in [-0.2, -0.15) is 10.3 Å². The van der Waals surface area contributed by atoms with E-state index >= 15 is 0 Å². The van der Waals surface area contributed by atoms with E-state index in [9.17, 15) is 4.79 Å². The number of piperidine rings is 1. The van der Waals surface area contributed by atoms with E-state index in [2.05, 4.69) is 20.3 Å². The number of aromatic amines is 1. The highest BCUT2D eigenvalue weighted by molar-refractivity contribution is 5.86. The lowest BCUT2D eigenvalue weighted by molar-refractivity contribution is 0.0685. The molecule has 1 aromatic heterocycles. The van der Waals surface area contributed by atoms with Gasteiger partial charge in [0.25, 0.3) is 0 Å². The third-order valence-electron chi connectivity index (χ3n) is 2.86. The van der Waals surface area contributed by atoms with Gasteiger partial charge in [0, 0.05) is 0 Å². The van der Waals surface area contributed by atoms with Crippen LogP contribution in [0.25, 0.3) is 0 Å². The van der Waals surface area contributed by atoms with Gasteiger partial charge in [0.2, 0.25) is 0 Å². The van der Waals surface area contributed by atoms with E-state index in [0.29, 0.717) is 5.69 Å². The predicted molar refractivity (Wildman–Crippen MR) is 52.6 cm³/mol. The Morgan fingerprint density at radius 2 is 2.33 bits per heavy atom. The van der Waals surface area contributed by atoms with Crippen LogP contribution in [0.2, 0.25) is 0 Å². The van der Waals surface area contributed by atoms with Crippen LogP contribution in [0, 0.1) is 0 Å². The largest absolute Gasteiger partial charge is 0.476 e. The van der Waals surface area contributed by atoms with E-state index in [1.165, 1.54) is 0 Å². The number of likely N-dealkylation sites (tertiary alicyclic amines) is 1. The smallest absolute Gasteiger partial charge is 0.358 e. The number of hydrogen-bond acceptors (Lipinski definition) is 4. The van der Waals surface area contributed by atoms with Crippen LogP contribution >= 0.6 is 0 Å². The van der Waals surface area contributed by atoms with Crippen LogP contribution in [0.4, 0.5) is 0 Å². The van der Waals surface area contributed by atoms with Crippen molar-refractivity contribution in [1.29, 1.82) is 0 Å². The fourth-order valence-electron chi connectivity index (χ4n) is 2.05. The number of nitrogens with one attached hydrogen (secondary N) is 1. The quantitative estimate of drug-likeness (QED) is 0.749. The third kappa shape index (κ3) is 1.85. The second-order valence-electron chi connectivity index (χ2n) is 3.85. The lowest BCUT2D eigenvalue weighted by Gasteiger charge is -2.31. The van der Waals surface area contributed by atoms with E-state index in [-0.39, 0.29) is 11.7 Å². The highest BCUT2D eigenvalue weighted by Crippen LogP contribution is 2.29. The molecule has 1 fully saturated rings. The average Bonchev–Trinajstić information content (AvgIpc) is 2.67. The van der Waals surface area contributed by atoms with Crippen LogP contribution in [0.15, 0.2) is 0 Å². The number of carboxylic acids is 1. The number of aromatic nitrogens is 3. The van der Waals surface area contributed by atoms with Crippen LogP contribution in [0.1, 0.15) is 41.5 Å². The van der Waals surface area contributed by atoms with Crippen molar-refractivity contribution in [2.45, 2.75) is 25.3 Å². The van der Waals surface area contributed by atoms with E-state index in [0.717, 1.165) is 25.8 Å². The summed E-state index contributed by atoms with van der Waals surface area (Å²) in [6.45, 7) is 0.983. The van der Waals surface area contributed by atoms with Gasteiger partial charge in [-0.3, -0.25) is 4.90 Å². The molecule has 82 valence electrons. The van der Waals surface area contributed by atoms with Gasteiger partial charge < -0.3 is 5.11 Å². The molecule has 1 aromatic rings. The Morgan fingerprint density at radius 1 is 1.53 bits per heavy atom. The van der Waals surface area contributed by atoms with Gasteiger partial charge in [-0.25, -0.2) is 4.79 Å². The van der Waals surface area contributed by atoms with Crippen molar-refractivity contribution in [3.05, 3.63) is 11.4 Å². The van der Waals surface area contributed by atoms with Gasteiger partial charge in [-0.1, -0.05) is 6.42 Å². The lowest BCUT2D eigenvalue weighted by atomic mass is 9.99. The molecule has 0 amide bonds. The van der Waals surface area contributed by atoms with Crippen molar-refractivity contribution in [2.75, 3.05) is 13.6 Å². The first-order valence-electron chi connectivity index (χ1n) is 5.04. The summed E-state index contributed by atoms with van der Waals surface area (Å²) in [7, 11) is 1.99. The molecule has 0 aliphatic carbocycles. The molecule has 0 saturated carbocycles. The van der Waals surface area contributed by atoms with Crippen molar-refractivity contribution in [3.8, 4) is 0 Å². The maximum atomic E-state index is 10.9. The van der Waals surface area contributed by atoms with Crippen LogP contribution in [-0.2, 0) is 0 Å². The molecule has 1 aliphatic rings. The van der Waals surface area contributed by atoms with E-state index in [1.807, 2.05) is 7.05 Å². The number of hydrogen-bond donors (Lipinski definition) is 2. The molecule has 1 saturated heterocycles. The van der Waals surface area contributed by atoms with E-state index < -0.39 is 5.97 Å². The number of carboxylic acid groups (broad SMARTS) is 1. The summed E-state index contributed by atoms with van der Waals surface area (Å²) in [6, 6.07) is 0.0867. The molecular formula is C9H14N4O2.